The fourth-order valence-corrected chi connectivity index (χ4v) is 7.45. The van der Waals surface area contributed by atoms with Crippen LogP contribution in [0.4, 0.5) is 0 Å². The van der Waals surface area contributed by atoms with Gasteiger partial charge in [-0.15, -0.1) is 0 Å². The zero-order chi connectivity index (χ0) is 46.9. The number of phosphoric ester groups is 1. The smallest absolute Gasteiger partial charge is 0.306 e. The first-order valence-electron chi connectivity index (χ1n) is 25.8. The topological polar surface area (TPSA) is 94.1 Å². The summed E-state index contributed by atoms with van der Waals surface area (Å²) in [4.78, 5) is 25.2. The van der Waals surface area contributed by atoms with Crippen LogP contribution >= 0.6 is 7.82 Å². The Hall–Kier alpha value is -2.32. The van der Waals surface area contributed by atoms with E-state index in [1.165, 1.54) is 96.3 Å². The minimum Gasteiger partial charge on any atom is -0.756 e. The molecule has 0 aromatic rings. The van der Waals surface area contributed by atoms with Crippen molar-refractivity contribution in [1.29, 1.82) is 0 Å². The first-order chi connectivity index (χ1) is 31.1. The second-order valence-electron chi connectivity index (χ2n) is 18.1. The predicted octanol–water partition coefficient (Wildman–Crippen LogP) is 15.4. The predicted molar refractivity (Wildman–Crippen MR) is 272 cm³/mol. The lowest BCUT2D eigenvalue weighted by Gasteiger charge is -2.28. The van der Waals surface area contributed by atoms with E-state index >= 15 is 0 Å². The van der Waals surface area contributed by atoms with E-state index in [0.29, 0.717) is 24.1 Å². The van der Waals surface area contributed by atoms with Crippen LogP contribution < -0.4 is 4.89 Å². The molecule has 0 spiro atoms. The minimum atomic E-state index is -4.54. The quantitative estimate of drug-likeness (QED) is 0.0197. The van der Waals surface area contributed by atoms with Gasteiger partial charge in [-0.25, -0.2) is 0 Å². The highest BCUT2D eigenvalue weighted by Gasteiger charge is 2.20. The molecule has 0 saturated carbocycles. The van der Waals surface area contributed by atoms with Gasteiger partial charge < -0.3 is 27.9 Å². The number of esters is 1. The molecule has 0 radical (unpaired) electrons. The molecule has 370 valence electrons. The summed E-state index contributed by atoms with van der Waals surface area (Å²) >= 11 is 0. The number of carbonyl (C=O) groups excluding carboxylic acids is 1. The molecule has 0 heterocycles. The Bertz CT molecular complexity index is 1300. The van der Waals surface area contributed by atoms with E-state index in [4.69, 9.17) is 18.5 Å². The van der Waals surface area contributed by atoms with Gasteiger partial charge in [-0.3, -0.25) is 9.36 Å². The van der Waals surface area contributed by atoms with Crippen molar-refractivity contribution in [3.8, 4) is 0 Å². The summed E-state index contributed by atoms with van der Waals surface area (Å²) < 4.78 is 34.7. The van der Waals surface area contributed by atoms with Gasteiger partial charge in [0.2, 0.25) is 0 Å². The summed E-state index contributed by atoms with van der Waals surface area (Å²) in [5, 5.41) is 0. The van der Waals surface area contributed by atoms with Crippen LogP contribution in [0, 0.1) is 0 Å². The van der Waals surface area contributed by atoms with E-state index in [0.717, 1.165) is 83.5 Å². The van der Waals surface area contributed by atoms with Crippen LogP contribution in [0.2, 0.25) is 0 Å². The molecule has 0 aliphatic rings. The lowest BCUT2D eigenvalue weighted by atomic mass is 10.1. The maximum Gasteiger partial charge on any atom is 0.306 e. The van der Waals surface area contributed by atoms with Crippen LogP contribution in [-0.2, 0) is 27.9 Å². The lowest BCUT2D eigenvalue weighted by Crippen LogP contribution is -2.37. The van der Waals surface area contributed by atoms with Crippen molar-refractivity contribution < 1.29 is 37.3 Å². The number of nitrogens with zero attached hydrogens (tertiary/aromatic N) is 1. The van der Waals surface area contributed by atoms with Crippen molar-refractivity contribution in [3.63, 3.8) is 0 Å². The van der Waals surface area contributed by atoms with E-state index in [1.54, 1.807) is 0 Å². The molecule has 0 saturated heterocycles. The average molecular weight is 916 g/mol. The van der Waals surface area contributed by atoms with Crippen molar-refractivity contribution in [1.82, 2.24) is 0 Å². The summed E-state index contributed by atoms with van der Waals surface area (Å²) in [5.74, 6) is -0.349. The highest BCUT2D eigenvalue weighted by atomic mass is 31.2. The van der Waals surface area contributed by atoms with Gasteiger partial charge in [-0.2, -0.15) is 0 Å². The molecule has 2 atom stereocenters. The molecule has 9 heteroatoms. The number of unbranched alkanes of at least 4 members (excludes halogenated alkanes) is 19. The normalized spacial score (nSPS) is 14.3. The van der Waals surface area contributed by atoms with Crippen molar-refractivity contribution >= 4 is 13.8 Å². The molecule has 0 aliphatic carbocycles. The van der Waals surface area contributed by atoms with Crippen LogP contribution in [0.15, 0.2) is 85.1 Å². The van der Waals surface area contributed by atoms with Gasteiger partial charge in [-0.1, -0.05) is 189 Å². The Morgan fingerprint density at radius 3 is 1.36 bits per heavy atom. The molecule has 64 heavy (non-hydrogen) atoms. The summed E-state index contributed by atoms with van der Waals surface area (Å²) in [6.07, 6.45) is 63.1. The number of carbonyl (C=O) groups is 1. The molecule has 0 amide bonds. The summed E-state index contributed by atoms with van der Waals surface area (Å²) in [7, 11) is 1.33. The Morgan fingerprint density at radius 2 is 0.906 bits per heavy atom. The SMILES string of the molecule is CC/C=C\C/C=C\C/C=C\C/C=C\C/C=C\CCCCCCCCCC(=O)OC(COCCCCCCCCCC/C=C\C/C=C\CCCCCC)COP(=O)([O-])OCC[N+](C)(C)C. The van der Waals surface area contributed by atoms with E-state index in [1.807, 2.05) is 21.1 Å². The third-order valence-electron chi connectivity index (χ3n) is 10.7. The van der Waals surface area contributed by atoms with Gasteiger partial charge in [0.1, 0.15) is 19.3 Å². The first-order valence-corrected chi connectivity index (χ1v) is 27.3. The maximum absolute atomic E-state index is 12.8. The number of hydrogen-bond donors (Lipinski definition) is 0. The Morgan fingerprint density at radius 1 is 0.500 bits per heavy atom. The number of hydrogen-bond acceptors (Lipinski definition) is 7. The Labute approximate surface area is 395 Å². The van der Waals surface area contributed by atoms with Gasteiger partial charge in [0.15, 0.2) is 0 Å². The molecule has 2 unspecified atom stereocenters. The molecule has 0 bridgehead atoms. The Balaban J connectivity index is 4.20. The number of phosphoric acid groups is 1. The van der Waals surface area contributed by atoms with Gasteiger partial charge in [0.25, 0.3) is 7.82 Å². The molecule has 0 N–H and O–H groups in total. The first kappa shape index (κ1) is 61.7. The van der Waals surface area contributed by atoms with Gasteiger partial charge in [0, 0.05) is 13.0 Å². The number of rotatable bonds is 47. The standard InChI is InChI=1S/C55H98NO7P/c1-6-8-10-12-14-16-18-20-22-24-26-27-28-29-30-32-34-36-38-40-42-44-46-48-55(57)63-54(53-62-64(58,59)61-51-49-56(3,4)5)52-60-50-47-45-43-41-39-37-35-33-31-25-23-21-19-17-15-13-11-9-7-2/h8,10,14,16-17,19-20,22-23,25-27,29-30,54H,6-7,9,11-13,15,18,21,24,28,31-53H2,1-5H3/b10-8-,16-14-,19-17-,22-20-,25-23-,27-26-,30-29-. The summed E-state index contributed by atoms with van der Waals surface area (Å²) in [6, 6.07) is 0. The maximum atomic E-state index is 12.8. The highest BCUT2D eigenvalue weighted by molar-refractivity contribution is 7.45. The summed E-state index contributed by atoms with van der Waals surface area (Å²) in [6.45, 7) is 5.25. The molecule has 8 nitrogen and oxygen atoms in total. The van der Waals surface area contributed by atoms with Crippen LogP contribution in [0.1, 0.15) is 200 Å². The van der Waals surface area contributed by atoms with Crippen LogP contribution in [0.5, 0.6) is 0 Å². The van der Waals surface area contributed by atoms with E-state index < -0.39 is 13.9 Å². The molecule has 0 fully saturated rings. The van der Waals surface area contributed by atoms with Crippen LogP contribution in [0.25, 0.3) is 0 Å². The molecule has 0 aromatic carbocycles. The fourth-order valence-electron chi connectivity index (χ4n) is 6.72. The lowest BCUT2D eigenvalue weighted by molar-refractivity contribution is -0.870. The average Bonchev–Trinajstić information content (AvgIpc) is 3.25. The second kappa shape index (κ2) is 47.2. The minimum absolute atomic E-state index is 0.0181. The molecule has 0 aromatic heterocycles. The number of allylic oxidation sites excluding steroid dienone is 14. The zero-order valence-electron chi connectivity index (χ0n) is 42.0. The number of quaternary nitrogens is 1. The van der Waals surface area contributed by atoms with Crippen LogP contribution in [-0.4, -0.2) is 70.7 Å². The second-order valence-corrected chi connectivity index (χ2v) is 19.6. The van der Waals surface area contributed by atoms with Crippen molar-refractivity contribution in [2.24, 2.45) is 0 Å². The number of ether oxygens (including phenoxy) is 2. The van der Waals surface area contributed by atoms with Crippen molar-refractivity contribution in [2.75, 3.05) is 54.1 Å². The highest BCUT2D eigenvalue weighted by Crippen LogP contribution is 2.38. The van der Waals surface area contributed by atoms with E-state index in [9.17, 15) is 14.3 Å². The van der Waals surface area contributed by atoms with Crippen molar-refractivity contribution in [3.05, 3.63) is 85.1 Å². The summed E-state index contributed by atoms with van der Waals surface area (Å²) in [5.41, 5.74) is 0. The third kappa shape index (κ3) is 50.7. The van der Waals surface area contributed by atoms with E-state index in [2.05, 4.69) is 98.9 Å². The van der Waals surface area contributed by atoms with Gasteiger partial charge >= 0.3 is 5.97 Å². The Kier molecular flexibility index (Phi) is 45.5. The zero-order valence-corrected chi connectivity index (χ0v) is 42.8. The van der Waals surface area contributed by atoms with Gasteiger partial charge in [-0.05, 0) is 89.9 Å². The van der Waals surface area contributed by atoms with E-state index in [-0.39, 0.29) is 25.8 Å². The van der Waals surface area contributed by atoms with Gasteiger partial charge in [0.05, 0.1) is 34.4 Å². The third-order valence-corrected chi connectivity index (χ3v) is 11.6. The monoisotopic (exact) mass is 916 g/mol. The molecule has 0 rings (SSSR count). The molecular formula is C55H98NO7P. The number of likely N-dealkylation sites (N-methyl/N-ethyl adjacent to an activating group) is 1. The van der Waals surface area contributed by atoms with Crippen LogP contribution in [0.3, 0.4) is 0 Å². The molecular weight excluding hydrogens is 818 g/mol. The fraction of sp³-hybridized carbons (Fsp3) is 0.727. The van der Waals surface area contributed by atoms with Crippen molar-refractivity contribution in [2.45, 2.75) is 206 Å². The largest absolute Gasteiger partial charge is 0.756 e. The molecule has 0 aliphatic heterocycles.